The van der Waals surface area contributed by atoms with Crippen molar-refractivity contribution in [3.05, 3.63) is 41.1 Å². The van der Waals surface area contributed by atoms with Crippen LogP contribution in [0.15, 0.2) is 41.1 Å². The van der Waals surface area contributed by atoms with Gasteiger partial charge in [0.2, 0.25) is 0 Å². The minimum Gasteiger partial charge on any atom is -0.497 e. The third-order valence-electron chi connectivity index (χ3n) is 4.32. The van der Waals surface area contributed by atoms with Crippen molar-refractivity contribution in [1.29, 1.82) is 0 Å². The Balaban J connectivity index is 2.23. The molecule has 0 aliphatic carbocycles. The maximum absolute atomic E-state index is 5.59. The number of aromatic nitrogens is 2. The smallest absolute Gasteiger partial charge is 0.137 e. The predicted molar refractivity (Wildman–Crippen MR) is 108 cm³/mol. The molecule has 0 aliphatic heterocycles. The van der Waals surface area contributed by atoms with Crippen LogP contribution in [0.3, 0.4) is 0 Å². The molecule has 0 bridgehead atoms. The Bertz CT molecular complexity index is 944. The number of halogens is 1. The maximum Gasteiger partial charge on any atom is 0.137 e. The van der Waals surface area contributed by atoms with Gasteiger partial charge in [0, 0.05) is 24.2 Å². The summed E-state index contributed by atoms with van der Waals surface area (Å²) >= 11 is 3.51. The van der Waals surface area contributed by atoms with E-state index in [1.54, 1.807) is 34.8 Å². The van der Waals surface area contributed by atoms with Gasteiger partial charge in [0.1, 0.15) is 27.5 Å². The Morgan fingerprint density at radius 2 is 1.48 bits per heavy atom. The standard InChI is InChI=1S/C20H21BrN2O4/c1-23-11-22-19(12-8-16(26-4)18(21)17(9-12)27-5)20(23)14-7-6-13(24-2)10-15(14)25-3/h6-11H,1-5H3. The summed E-state index contributed by atoms with van der Waals surface area (Å²) in [7, 11) is 8.46. The van der Waals surface area contributed by atoms with Crippen LogP contribution in [0.5, 0.6) is 23.0 Å². The second-order valence-electron chi connectivity index (χ2n) is 5.81. The first-order valence-electron chi connectivity index (χ1n) is 8.19. The molecular weight excluding hydrogens is 412 g/mol. The summed E-state index contributed by atoms with van der Waals surface area (Å²) in [5.74, 6) is 2.77. The number of ether oxygens (including phenoxy) is 4. The van der Waals surface area contributed by atoms with Crippen LogP contribution in [0.4, 0.5) is 0 Å². The summed E-state index contributed by atoms with van der Waals surface area (Å²) in [6.07, 6.45) is 1.77. The van der Waals surface area contributed by atoms with Crippen molar-refractivity contribution in [1.82, 2.24) is 9.55 Å². The van der Waals surface area contributed by atoms with E-state index in [1.807, 2.05) is 41.9 Å². The van der Waals surface area contributed by atoms with Crippen molar-refractivity contribution in [2.24, 2.45) is 7.05 Å². The zero-order valence-corrected chi connectivity index (χ0v) is 17.5. The van der Waals surface area contributed by atoms with Crippen molar-refractivity contribution in [3.63, 3.8) is 0 Å². The highest BCUT2D eigenvalue weighted by molar-refractivity contribution is 9.10. The zero-order chi connectivity index (χ0) is 19.6. The van der Waals surface area contributed by atoms with Gasteiger partial charge < -0.3 is 23.5 Å². The van der Waals surface area contributed by atoms with E-state index in [9.17, 15) is 0 Å². The topological polar surface area (TPSA) is 54.7 Å². The maximum atomic E-state index is 5.59. The first kappa shape index (κ1) is 19.1. The number of benzene rings is 2. The Morgan fingerprint density at radius 1 is 0.852 bits per heavy atom. The number of rotatable bonds is 6. The second kappa shape index (κ2) is 7.92. The molecule has 1 heterocycles. The van der Waals surface area contributed by atoms with Crippen LogP contribution >= 0.6 is 15.9 Å². The molecule has 0 aliphatic rings. The fourth-order valence-electron chi connectivity index (χ4n) is 2.96. The van der Waals surface area contributed by atoms with E-state index in [-0.39, 0.29) is 0 Å². The van der Waals surface area contributed by atoms with Crippen LogP contribution in [0, 0.1) is 0 Å². The highest BCUT2D eigenvalue weighted by atomic mass is 79.9. The minimum atomic E-state index is 0.669. The molecule has 0 spiro atoms. The van der Waals surface area contributed by atoms with Gasteiger partial charge in [0.05, 0.1) is 46.2 Å². The molecule has 0 fully saturated rings. The van der Waals surface area contributed by atoms with Gasteiger partial charge in [0.15, 0.2) is 0 Å². The fourth-order valence-corrected chi connectivity index (χ4v) is 3.51. The number of nitrogens with zero attached hydrogens (tertiary/aromatic N) is 2. The molecule has 0 atom stereocenters. The first-order valence-corrected chi connectivity index (χ1v) is 8.99. The summed E-state index contributed by atoms with van der Waals surface area (Å²) in [5, 5.41) is 0. The van der Waals surface area contributed by atoms with Crippen molar-refractivity contribution < 1.29 is 18.9 Å². The number of aryl methyl sites for hydroxylation is 1. The van der Waals surface area contributed by atoms with E-state index >= 15 is 0 Å². The lowest BCUT2D eigenvalue weighted by Gasteiger charge is -2.14. The zero-order valence-electron chi connectivity index (χ0n) is 15.9. The summed E-state index contributed by atoms with van der Waals surface area (Å²) in [4.78, 5) is 4.61. The van der Waals surface area contributed by atoms with E-state index in [4.69, 9.17) is 18.9 Å². The highest BCUT2D eigenvalue weighted by Crippen LogP contribution is 2.43. The average Bonchev–Trinajstić information content (AvgIpc) is 3.08. The average molecular weight is 433 g/mol. The van der Waals surface area contributed by atoms with Crippen LogP contribution < -0.4 is 18.9 Å². The van der Waals surface area contributed by atoms with Gasteiger partial charge in [-0.15, -0.1) is 0 Å². The van der Waals surface area contributed by atoms with Crippen LogP contribution in [-0.4, -0.2) is 38.0 Å². The molecule has 3 aromatic rings. The van der Waals surface area contributed by atoms with Gasteiger partial charge in [-0.05, 0) is 40.2 Å². The van der Waals surface area contributed by atoms with Gasteiger partial charge in [-0.25, -0.2) is 4.98 Å². The summed E-state index contributed by atoms with van der Waals surface area (Å²) in [6, 6.07) is 9.57. The van der Waals surface area contributed by atoms with Gasteiger partial charge in [0.25, 0.3) is 0 Å². The quantitative estimate of drug-likeness (QED) is 0.571. The monoisotopic (exact) mass is 432 g/mol. The van der Waals surface area contributed by atoms with E-state index in [0.29, 0.717) is 17.2 Å². The van der Waals surface area contributed by atoms with Crippen molar-refractivity contribution in [2.45, 2.75) is 0 Å². The molecule has 3 rings (SSSR count). The number of methoxy groups -OCH3 is 4. The van der Waals surface area contributed by atoms with E-state index < -0.39 is 0 Å². The van der Waals surface area contributed by atoms with E-state index in [0.717, 1.165) is 32.7 Å². The lowest BCUT2D eigenvalue weighted by Crippen LogP contribution is -1.97. The van der Waals surface area contributed by atoms with Crippen LogP contribution in [-0.2, 0) is 7.05 Å². The molecule has 0 N–H and O–H groups in total. The van der Waals surface area contributed by atoms with E-state index in [2.05, 4.69) is 20.9 Å². The third kappa shape index (κ3) is 3.47. The molecule has 7 heteroatoms. The fraction of sp³-hybridized carbons (Fsp3) is 0.250. The second-order valence-corrected chi connectivity index (χ2v) is 6.61. The predicted octanol–water partition coefficient (Wildman–Crippen LogP) is 4.55. The molecule has 6 nitrogen and oxygen atoms in total. The Hall–Kier alpha value is -2.67. The van der Waals surface area contributed by atoms with Gasteiger partial charge in [-0.3, -0.25) is 0 Å². The van der Waals surface area contributed by atoms with E-state index in [1.165, 1.54) is 0 Å². The third-order valence-corrected chi connectivity index (χ3v) is 5.10. The molecular formula is C20H21BrN2O4. The van der Waals surface area contributed by atoms with Crippen molar-refractivity contribution in [3.8, 4) is 45.5 Å². The molecule has 2 aromatic carbocycles. The van der Waals surface area contributed by atoms with Gasteiger partial charge >= 0.3 is 0 Å². The lowest BCUT2D eigenvalue weighted by molar-refractivity contribution is 0.390. The Labute approximate surface area is 166 Å². The summed E-state index contributed by atoms with van der Waals surface area (Å²) < 4.78 is 24.6. The first-order chi connectivity index (χ1) is 13.0. The largest absolute Gasteiger partial charge is 0.497 e. The summed E-state index contributed by atoms with van der Waals surface area (Å²) in [6.45, 7) is 0. The minimum absolute atomic E-state index is 0.669. The van der Waals surface area contributed by atoms with Crippen molar-refractivity contribution >= 4 is 15.9 Å². The number of hydrogen-bond acceptors (Lipinski definition) is 5. The van der Waals surface area contributed by atoms with Crippen LogP contribution in [0.25, 0.3) is 22.5 Å². The molecule has 0 radical (unpaired) electrons. The molecule has 27 heavy (non-hydrogen) atoms. The van der Waals surface area contributed by atoms with Crippen LogP contribution in [0.1, 0.15) is 0 Å². The van der Waals surface area contributed by atoms with Gasteiger partial charge in [-0.2, -0.15) is 0 Å². The molecule has 0 unspecified atom stereocenters. The lowest BCUT2D eigenvalue weighted by atomic mass is 10.0. The number of imidazole rings is 1. The normalized spacial score (nSPS) is 10.6. The van der Waals surface area contributed by atoms with Crippen LogP contribution in [0.2, 0.25) is 0 Å². The van der Waals surface area contributed by atoms with Gasteiger partial charge in [-0.1, -0.05) is 0 Å². The number of hydrogen-bond donors (Lipinski definition) is 0. The Morgan fingerprint density at radius 3 is 2.04 bits per heavy atom. The SMILES string of the molecule is COc1ccc(-c2c(-c3cc(OC)c(Br)c(OC)c3)ncn2C)c(OC)c1. The molecule has 0 saturated carbocycles. The molecule has 142 valence electrons. The molecule has 1 aromatic heterocycles. The highest BCUT2D eigenvalue weighted by Gasteiger charge is 2.20. The molecule has 0 amide bonds. The summed E-state index contributed by atoms with van der Waals surface area (Å²) in [5.41, 5.74) is 3.50. The van der Waals surface area contributed by atoms with Crippen molar-refractivity contribution in [2.75, 3.05) is 28.4 Å². The Kier molecular flexibility index (Phi) is 5.60. The molecule has 0 saturated heterocycles.